The Morgan fingerprint density at radius 1 is 1.46 bits per heavy atom. The molecule has 2 aromatic heterocycles. The highest BCUT2D eigenvalue weighted by atomic mass is 16.1. The SMILES string of the molecule is Cn1cc(/C=C/C(=O)NC2CCCN(Cc3ccccn3)C2)cn1. The summed E-state index contributed by atoms with van der Waals surface area (Å²) in [5, 5.41) is 7.18. The lowest BCUT2D eigenvalue weighted by molar-refractivity contribution is -0.117. The zero-order valence-corrected chi connectivity index (χ0v) is 13.9. The minimum atomic E-state index is -0.0523. The van der Waals surface area contributed by atoms with E-state index in [0.717, 1.165) is 43.7 Å². The maximum absolute atomic E-state index is 12.1. The number of rotatable bonds is 5. The quantitative estimate of drug-likeness (QED) is 0.849. The molecule has 6 nitrogen and oxygen atoms in total. The molecule has 0 bridgehead atoms. The van der Waals surface area contributed by atoms with Crippen LogP contribution in [-0.4, -0.2) is 44.7 Å². The van der Waals surface area contributed by atoms with Gasteiger partial charge in [-0.15, -0.1) is 0 Å². The number of likely N-dealkylation sites (tertiary alicyclic amines) is 1. The second-order valence-corrected chi connectivity index (χ2v) is 6.18. The highest BCUT2D eigenvalue weighted by Crippen LogP contribution is 2.13. The first-order chi connectivity index (χ1) is 11.7. The van der Waals surface area contributed by atoms with Crippen LogP contribution in [0.25, 0.3) is 6.08 Å². The average molecular weight is 325 g/mol. The molecule has 1 unspecified atom stereocenters. The lowest BCUT2D eigenvalue weighted by Crippen LogP contribution is -2.47. The third-order valence-electron chi connectivity index (χ3n) is 4.12. The molecule has 1 aliphatic heterocycles. The normalized spacial score (nSPS) is 18.8. The average Bonchev–Trinajstić information content (AvgIpc) is 3.00. The van der Waals surface area contributed by atoms with E-state index >= 15 is 0 Å². The predicted octanol–water partition coefficient (Wildman–Crippen LogP) is 1.61. The molecule has 126 valence electrons. The van der Waals surface area contributed by atoms with Crippen LogP contribution in [0.1, 0.15) is 24.1 Å². The van der Waals surface area contributed by atoms with Crippen molar-refractivity contribution in [2.24, 2.45) is 7.05 Å². The fourth-order valence-corrected chi connectivity index (χ4v) is 2.99. The summed E-state index contributed by atoms with van der Waals surface area (Å²) < 4.78 is 1.72. The summed E-state index contributed by atoms with van der Waals surface area (Å²) in [6, 6.07) is 6.17. The topological polar surface area (TPSA) is 63.1 Å². The molecule has 3 rings (SSSR count). The van der Waals surface area contributed by atoms with Gasteiger partial charge < -0.3 is 5.32 Å². The van der Waals surface area contributed by atoms with E-state index in [1.54, 1.807) is 23.0 Å². The van der Waals surface area contributed by atoms with Gasteiger partial charge in [-0.25, -0.2) is 0 Å². The van der Waals surface area contributed by atoms with Crippen LogP contribution in [0.4, 0.5) is 0 Å². The first kappa shape index (κ1) is 16.4. The van der Waals surface area contributed by atoms with Crippen LogP contribution in [-0.2, 0) is 18.4 Å². The highest BCUT2D eigenvalue weighted by Gasteiger charge is 2.21. The Morgan fingerprint density at radius 2 is 2.38 bits per heavy atom. The molecule has 1 aliphatic rings. The van der Waals surface area contributed by atoms with Gasteiger partial charge in [0.05, 0.1) is 11.9 Å². The summed E-state index contributed by atoms with van der Waals surface area (Å²) in [6.07, 6.45) is 10.9. The van der Waals surface area contributed by atoms with Crippen molar-refractivity contribution in [2.75, 3.05) is 13.1 Å². The van der Waals surface area contributed by atoms with Crippen molar-refractivity contribution >= 4 is 12.0 Å². The summed E-state index contributed by atoms with van der Waals surface area (Å²) in [6.45, 7) is 2.75. The molecular weight excluding hydrogens is 302 g/mol. The third kappa shape index (κ3) is 4.76. The minimum Gasteiger partial charge on any atom is -0.349 e. The Hall–Kier alpha value is -2.47. The number of pyridine rings is 1. The van der Waals surface area contributed by atoms with Gasteiger partial charge in [-0.1, -0.05) is 6.07 Å². The molecule has 1 N–H and O–H groups in total. The fraction of sp³-hybridized carbons (Fsp3) is 0.389. The molecule has 0 aromatic carbocycles. The molecule has 0 saturated carbocycles. The molecule has 3 heterocycles. The number of amides is 1. The van der Waals surface area contributed by atoms with E-state index in [0.29, 0.717) is 0 Å². The number of carbonyl (C=O) groups excluding carboxylic acids is 1. The number of hydrogen-bond acceptors (Lipinski definition) is 4. The van der Waals surface area contributed by atoms with Gasteiger partial charge in [0.15, 0.2) is 0 Å². The van der Waals surface area contributed by atoms with Crippen molar-refractivity contribution < 1.29 is 4.79 Å². The molecular formula is C18H23N5O. The largest absolute Gasteiger partial charge is 0.349 e. The number of aromatic nitrogens is 3. The van der Waals surface area contributed by atoms with E-state index < -0.39 is 0 Å². The molecule has 24 heavy (non-hydrogen) atoms. The number of hydrogen-bond donors (Lipinski definition) is 1. The van der Waals surface area contributed by atoms with Gasteiger partial charge in [0.2, 0.25) is 5.91 Å². The zero-order valence-electron chi connectivity index (χ0n) is 13.9. The lowest BCUT2D eigenvalue weighted by atomic mass is 10.1. The fourth-order valence-electron chi connectivity index (χ4n) is 2.99. The maximum Gasteiger partial charge on any atom is 0.244 e. The van der Waals surface area contributed by atoms with Gasteiger partial charge in [-0.2, -0.15) is 5.10 Å². The summed E-state index contributed by atoms with van der Waals surface area (Å²) in [5.41, 5.74) is 1.99. The molecule has 1 fully saturated rings. The van der Waals surface area contributed by atoms with Gasteiger partial charge in [0.1, 0.15) is 0 Å². The molecule has 0 spiro atoms. The maximum atomic E-state index is 12.1. The van der Waals surface area contributed by atoms with E-state index in [2.05, 4.69) is 20.3 Å². The molecule has 1 saturated heterocycles. The second kappa shape index (κ2) is 7.88. The van der Waals surface area contributed by atoms with Gasteiger partial charge in [0.25, 0.3) is 0 Å². The first-order valence-corrected chi connectivity index (χ1v) is 8.28. The van der Waals surface area contributed by atoms with E-state index in [-0.39, 0.29) is 11.9 Å². The summed E-state index contributed by atoms with van der Waals surface area (Å²) in [5.74, 6) is -0.0523. The lowest BCUT2D eigenvalue weighted by Gasteiger charge is -2.32. The van der Waals surface area contributed by atoms with E-state index in [9.17, 15) is 4.79 Å². The van der Waals surface area contributed by atoms with Crippen LogP contribution in [0.15, 0.2) is 42.9 Å². The second-order valence-electron chi connectivity index (χ2n) is 6.18. The van der Waals surface area contributed by atoms with Crippen molar-refractivity contribution in [3.8, 4) is 0 Å². The van der Waals surface area contributed by atoms with Gasteiger partial charge in [-0.3, -0.25) is 19.4 Å². The first-order valence-electron chi connectivity index (χ1n) is 8.28. The monoisotopic (exact) mass is 325 g/mol. The van der Waals surface area contributed by atoms with Gasteiger partial charge in [-0.05, 0) is 37.6 Å². The third-order valence-corrected chi connectivity index (χ3v) is 4.12. The summed E-state index contributed by atoms with van der Waals surface area (Å²) in [4.78, 5) is 18.8. The molecule has 1 atom stereocenters. The summed E-state index contributed by atoms with van der Waals surface area (Å²) in [7, 11) is 1.86. The number of carbonyl (C=O) groups is 1. The number of nitrogens with one attached hydrogen (secondary N) is 1. The van der Waals surface area contributed by atoms with Crippen molar-refractivity contribution in [3.05, 3.63) is 54.1 Å². The predicted molar refractivity (Wildman–Crippen MR) is 92.9 cm³/mol. The number of piperidine rings is 1. The Kier molecular flexibility index (Phi) is 5.38. The van der Waals surface area contributed by atoms with E-state index in [1.807, 2.05) is 37.6 Å². The van der Waals surface area contributed by atoms with Crippen molar-refractivity contribution in [2.45, 2.75) is 25.4 Å². The molecule has 0 aliphatic carbocycles. The highest BCUT2D eigenvalue weighted by molar-refractivity contribution is 5.91. The van der Waals surface area contributed by atoms with Crippen LogP contribution in [0.2, 0.25) is 0 Å². The standard InChI is InChI=1S/C18H23N5O/c1-22-12-15(11-20-22)7-8-18(24)21-17-6-4-10-23(14-17)13-16-5-2-3-9-19-16/h2-3,5,7-9,11-12,17H,4,6,10,13-14H2,1H3,(H,21,24)/b8-7+. The zero-order chi connectivity index (χ0) is 16.8. The number of nitrogens with zero attached hydrogens (tertiary/aromatic N) is 4. The molecule has 1 amide bonds. The Bertz CT molecular complexity index is 694. The van der Waals surface area contributed by atoms with Gasteiger partial charge >= 0.3 is 0 Å². The van der Waals surface area contributed by atoms with Crippen molar-refractivity contribution in [1.82, 2.24) is 25.0 Å². The van der Waals surface area contributed by atoms with Crippen LogP contribution in [0, 0.1) is 0 Å². The Labute approximate surface area is 142 Å². The smallest absolute Gasteiger partial charge is 0.244 e. The minimum absolute atomic E-state index is 0.0523. The Morgan fingerprint density at radius 3 is 3.12 bits per heavy atom. The van der Waals surface area contributed by atoms with Crippen molar-refractivity contribution in [1.29, 1.82) is 0 Å². The van der Waals surface area contributed by atoms with Crippen LogP contribution in [0.3, 0.4) is 0 Å². The van der Waals surface area contributed by atoms with Crippen LogP contribution < -0.4 is 5.32 Å². The summed E-state index contributed by atoms with van der Waals surface area (Å²) >= 11 is 0. The van der Waals surface area contributed by atoms with Crippen molar-refractivity contribution in [3.63, 3.8) is 0 Å². The van der Waals surface area contributed by atoms with E-state index in [1.165, 1.54) is 0 Å². The van der Waals surface area contributed by atoms with Crippen LogP contribution in [0.5, 0.6) is 0 Å². The Balaban J connectivity index is 1.49. The molecule has 2 aromatic rings. The van der Waals surface area contributed by atoms with E-state index in [4.69, 9.17) is 0 Å². The number of aryl methyl sites for hydroxylation is 1. The van der Waals surface area contributed by atoms with Crippen LogP contribution >= 0.6 is 0 Å². The molecule has 6 heteroatoms. The molecule has 0 radical (unpaired) electrons. The van der Waals surface area contributed by atoms with Gasteiger partial charge in [0, 0.05) is 50.2 Å².